The van der Waals surface area contributed by atoms with E-state index >= 15 is 0 Å². The van der Waals surface area contributed by atoms with Crippen molar-refractivity contribution in [3.63, 3.8) is 0 Å². The number of carbonyl (C=O) groups excluding carboxylic acids is 1. The normalized spacial score (nSPS) is 22.6. The lowest BCUT2D eigenvalue weighted by atomic mass is 10.1. The average Bonchev–Trinajstić information content (AvgIpc) is 2.43. The highest BCUT2D eigenvalue weighted by molar-refractivity contribution is 5.76. The highest BCUT2D eigenvalue weighted by Gasteiger charge is 2.21. The van der Waals surface area contributed by atoms with Crippen molar-refractivity contribution >= 4 is 5.91 Å². The van der Waals surface area contributed by atoms with E-state index in [2.05, 4.69) is 0 Å². The molecular formula is C12H15NO2. The van der Waals surface area contributed by atoms with E-state index in [1.54, 1.807) is 4.90 Å². The first-order chi connectivity index (χ1) is 7.27. The predicted molar refractivity (Wildman–Crippen MR) is 57.4 cm³/mol. The second-order valence-electron chi connectivity index (χ2n) is 3.79. The molecule has 1 aromatic rings. The maximum Gasteiger partial charge on any atom is 0.224 e. The van der Waals surface area contributed by atoms with Crippen LogP contribution >= 0.6 is 0 Å². The van der Waals surface area contributed by atoms with E-state index in [0.717, 1.165) is 5.56 Å². The van der Waals surface area contributed by atoms with Crippen LogP contribution in [-0.2, 0) is 9.53 Å². The van der Waals surface area contributed by atoms with Gasteiger partial charge in [-0.3, -0.25) is 4.79 Å². The molecule has 2 rings (SSSR count). The Morgan fingerprint density at radius 2 is 2.07 bits per heavy atom. The van der Waals surface area contributed by atoms with E-state index in [1.165, 1.54) is 0 Å². The van der Waals surface area contributed by atoms with Gasteiger partial charge in [0.1, 0.15) is 6.10 Å². The maximum atomic E-state index is 11.4. The molecule has 1 amide bonds. The molecule has 80 valence electrons. The van der Waals surface area contributed by atoms with Crippen molar-refractivity contribution in [1.29, 1.82) is 0 Å². The van der Waals surface area contributed by atoms with Gasteiger partial charge in [0.2, 0.25) is 5.91 Å². The minimum atomic E-state index is 0.0163. The monoisotopic (exact) mass is 205 g/mol. The number of amides is 1. The highest BCUT2D eigenvalue weighted by atomic mass is 16.5. The van der Waals surface area contributed by atoms with Crippen molar-refractivity contribution in [3.8, 4) is 0 Å². The van der Waals surface area contributed by atoms with Crippen molar-refractivity contribution < 1.29 is 9.53 Å². The van der Waals surface area contributed by atoms with E-state index in [0.29, 0.717) is 19.6 Å². The van der Waals surface area contributed by atoms with Crippen molar-refractivity contribution in [2.24, 2.45) is 0 Å². The molecule has 0 bridgehead atoms. The van der Waals surface area contributed by atoms with E-state index in [-0.39, 0.29) is 12.0 Å². The third-order valence-corrected chi connectivity index (χ3v) is 2.67. The first-order valence-corrected chi connectivity index (χ1v) is 5.18. The zero-order valence-corrected chi connectivity index (χ0v) is 8.85. The van der Waals surface area contributed by atoms with Gasteiger partial charge in [-0.1, -0.05) is 30.3 Å². The lowest BCUT2D eigenvalue weighted by molar-refractivity contribution is -0.129. The fourth-order valence-electron chi connectivity index (χ4n) is 1.75. The second kappa shape index (κ2) is 4.45. The first kappa shape index (κ1) is 10.2. The van der Waals surface area contributed by atoms with Crippen molar-refractivity contribution in [2.75, 3.05) is 20.2 Å². The van der Waals surface area contributed by atoms with Gasteiger partial charge in [0, 0.05) is 7.05 Å². The number of nitrogens with zero attached hydrogens (tertiary/aromatic N) is 1. The zero-order valence-electron chi connectivity index (χ0n) is 8.85. The number of carbonyl (C=O) groups is 1. The van der Waals surface area contributed by atoms with Crippen LogP contribution in [0.3, 0.4) is 0 Å². The Morgan fingerprint density at radius 3 is 2.80 bits per heavy atom. The number of rotatable bonds is 1. The molecule has 0 N–H and O–H groups in total. The summed E-state index contributed by atoms with van der Waals surface area (Å²) in [5.41, 5.74) is 1.14. The quantitative estimate of drug-likeness (QED) is 0.697. The van der Waals surface area contributed by atoms with Crippen molar-refractivity contribution in [2.45, 2.75) is 12.5 Å². The number of hydrogen-bond donors (Lipinski definition) is 0. The summed E-state index contributed by atoms with van der Waals surface area (Å²) in [5.74, 6) is 0.161. The summed E-state index contributed by atoms with van der Waals surface area (Å²) in [7, 11) is 1.83. The standard InChI is InChI=1S/C12H15NO2/c1-13-9-11(15-8-7-12(13)14)10-5-3-2-4-6-10/h2-6,11H,7-9H2,1H3/t11-/m0/s1. The molecule has 0 radical (unpaired) electrons. The van der Waals surface area contributed by atoms with Crippen LogP contribution < -0.4 is 0 Å². The van der Waals surface area contributed by atoms with Crippen molar-refractivity contribution in [1.82, 2.24) is 4.90 Å². The Morgan fingerprint density at radius 1 is 1.33 bits per heavy atom. The van der Waals surface area contributed by atoms with Gasteiger partial charge in [0.05, 0.1) is 19.6 Å². The molecule has 0 aliphatic carbocycles. The largest absolute Gasteiger partial charge is 0.371 e. The zero-order chi connectivity index (χ0) is 10.7. The van der Waals surface area contributed by atoms with Gasteiger partial charge in [-0.15, -0.1) is 0 Å². The van der Waals surface area contributed by atoms with Crippen LogP contribution in [0.25, 0.3) is 0 Å². The number of ether oxygens (including phenoxy) is 1. The summed E-state index contributed by atoms with van der Waals surface area (Å²) in [5, 5.41) is 0. The summed E-state index contributed by atoms with van der Waals surface area (Å²) >= 11 is 0. The average molecular weight is 205 g/mol. The molecule has 1 fully saturated rings. The van der Waals surface area contributed by atoms with Crippen LogP contribution in [0.5, 0.6) is 0 Å². The lowest BCUT2D eigenvalue weighted by Crippen LogP contribution is -2.28. The Hall–Kier alpha value is -1.35. The molecule has 1 atom stereocenters. The molecule has 3 heteroatoms. The predicted octanol–water partition coefficient (Wildman–Crippen LogP) is 1.61. The minimum absolute atomic E-state index is 0.0163. The summed E-state index contributed by atoms with van der Waals surface area (Å²) in [6.45, 7) is 1.16. The molecule has 1 saturated heterocycles. The Labute approximate surface area is 89.7 Å². The summed E-state index contributed by atoms with van der Waals surface area (Å²) in [6, 6.07) is 10.0. The third kappa shape index (κ3) is 2.36. The van der Waals surface area contributed by atoms with Gasteiger partial charge < -0.3 is 9.64 Å². The van der Waals surface area contributed by atoms with Crippen LogP contribution in [0, 0.1) is 0 Å². The number of likely N-dealkylation sites (N-methyl/N-ethyl adjacent to an activating group) is 1. The van der Waals surface area contributed by atoms with Crippen LogP contribution in [-0.4, -0.2) is 31.0 Å². The fraction of sp³-hybridized carbons (Fsp3) is 0.417. The molecule has 3 nitrogen and oxygen atoms in total. The minimum Gasteiger partial charge on any atom is -0.371 e. The molecule has 0 spiro atoms. The Bertz CT molecular complexity index is 337. The topological polar surface area (TPSA) is 29.5 Å². The van der Waals surface area contributed by atoms with Gasteiger partial charge in [-0.25, -0.2) is 0 Å². The number of hydrogen-bond acceptors (Lipinski definition) is 2. The van der Waals surface area contributed by atoms with E-state index < -0.39 is 0 Å². The molecule has 15 heavy (non-hydrogen) atoms. The first-order valence-electron chi connectivity index (χ1n) is 5.18. The molecule has 0 aromatic heterocycles. The Balaban J connectivity index is 2.13. The van der Waals surface area contributed by atoms with Gasteiger partial charge >= 0.3 is 0 Å². The van der Waals surface area contributed by atoms with Crippen LogP contribution in [0.1, 0.15) is 18.1 Å². The van der Waals surface area contributed by atoms with Gasteiger partial charge in [0.25, 0.3) is 0 Å². The molecule has 1 aliphatic rings. The molecule has 1 heterocycles. The molecule has 1 aromatic carbocycles. The summed E-state index contributed by atoms with van der Waals surface area (Å²) in [6.07, 6.45) is 0.502. The van der Waals surface area contributed by atoms with E-state index in [4.69, 9.17) is 4.74 Å². The SMILES string of the molecule is CN1C[C@@H](c2ccccc2)OCCC1=O. The van der Waals surface area contributed by atoms with Crippen molar-refractivity contribution in [3.05, 3.63) is 35.9 Å². The smallest absolute Gasteiger partial charge is 0.224 e. The second-order valence-corrected chi connectivity index (χ2v) is 3.79. The van der Waals surface area contributed by atoms with E-state index in [1.807, 2.05) is 37.4 Å². The number of benzene rings is 1. The van der Waals surface area contributed by atoms with Crippen LogP contribution in [0.15, 0.2) is 30.3 Å². The molecule has 0 unspecified atom stereocenters. The third-order valence-electron chi connectivity index (χ3n) is 2.67. The Kier molecular flexibility index (Phi) is 3.02. The van der Waals surface area contributed by atoms with Gasteiger partial charge in [-0.2, -0.15) is 0 Å². The molecule has 1 aliphatic heterocycles. The van der Waals surface area contributed by atoms with Crippen LogP contribution in [0.2, 0.25) is 0 Å². The van der Waals surface area contributed by atoms with Gasteiger partial charge in [0.15, 0.2) is 0 Å². The highest BCUT2D eigenvalue weighted by Crippen LogP contribution is 2.20. The molecule has 0 saturated carbocycles. The summed E-state index contributed by atoms with van der Waals surface area (Å²) in [4.78, 5) is 13.2. The maximum absolute atomic E-state index is 11.4. The van der Waals surface area contributed by atoms with Gasteiger partial charge in [-0.05, 0) is 5.56 Å². The molecular weight excluding hydrogens is 190 g/mol. The van der Waals surface area contributed by atoms with E-state index in [9.17, 15) is 4.79 Å². The lowest BCUT2D eigenvalue weighted by Gasteiger charge is -2.20. The fourth-order valence-corrected chi connectivity index (χ4v) is 1.75. The summed E-state index contributed by atoms with van der Waals surface area (Å²) < 4.78 is 5.67. The van der Waals surface area contributed by atoms with Crippen LogP contribution in [0.4, 0.5) is 0 Å².